The molecule has 2 aliphatic rings. The van der Waals surface area contributed by atoms with Crippen LogP contribution in [0.5, 0.6) is 0 Å². The first-order chi connectivity index (χ1) is 14.9. The molecule has 1 aromatic carbocycles. The first-order valence-corrected chi connectivity index (χ1v) is 10.9. The molecule has 0 aliphatic carbocycles. The van der Waals surface area contributed by atoms with Crippen LogP contribution in [0.1, 0.15) is 50.2 Å². The van der Waals surface area contributed by atoms with E-state index in [1.54, 1.807) is 0 Å². The number of anilines is 1. The molecule has 0 spiro atoms. The number of aromatic nitrogens is 3. The third kappa shape index (κ3) is 3.34. The van der Waals surface area contributed by atoms with Gasteiger partial charge in [-0.05, 0) is 50.8 Å². The molecule has 160 valence electrons. The molecule has 7 heteroatoms. The summed E-state index contributed by atoms with van der Waals surface area (Å²) in [7, 11) is 1.89. The highest BCUT2D eigenvalue weighted by Crippen LogP contribution is 2.35. The van der Waals surface area contributed by atoms with E-state index in [-0.39, 0.29) is 11.8 Å². The molecule has 2 aromatic heterocycles. The Balaban J connectivity index is 1.45. The highest BCUT2D eigenvalue weighted by molar-refractivity contribution is 6.05. The van der Waals surface area contributed by atoms with Gasteiger partial charge < -0.3 is 14.8 Å². The molecule has 0 bridgehead atoms. The van der Waals surface area contributed by atoms with E-state index in [0.29, 0.717) is 11.4 Å². The monoisotopic (exact) mass is 417 g/mol. The van der Waals surface area contributed by atoms with E-state index < -0.39 is 0 Å². The second kappa shape index (κ2) is 7.41. The summed E-state index contributed by atoms with van der Waals surface area (Å²) in [6.07, 6.45) is 4.87. The summed E-state index contributed by atoms with van der Waals surface area (Å²) >= 11 is 0. The van der Waals surface area contributed by atoms with Crippen molar-refractivity contribution in [3.8, 4) is 11.4 Å². The van der Waals surface area contributed by atoms with Crippen molar-refractivity contribution in [1.82, 2.24) is 19.2 Å². The Hall–Kier alpha value is -3.35. The molecule has 1 fully saturated rings. The van der Waals surface area contributed by atoms with Crippen molar-refractivity contribution in [3.63, 3.8) is 0 Å². The minimum absolute atomic E-state index is 0.103. The van der Waals surface area contributed by atoms with E-state index >= 15 is 0 Å². The summed E-state index contributed by atoms with van der Waals surface area (Å²) in [5.74, 6) is 0.554. The summed E-state index contributed by atoms with van der Waals surface area (Å²) in [4.78, 5) is 27.7. The number of benzene rings is 1. The molecule has 1 saturated heterocycles. The fourth-order valence-electron chi connectivity index (χ4n) is 4.81. The number of fused-ring (bicyclic) bond motifs is 3. The Kier molecular flexibility index (Phi) is 4.68. The average Bonchev–Trinajstić information content (AvgIpc) is 3.46. The largest absolute Gasteiger partial charge is 0.345 e. The zero-order valence-corrected chi connectivity index (χ0v) is 18.2. The van der Waals surface area contributed by atoms with Crippen molar-refractivity contribution in [2.75, 3.05) is 18.4 Å². The quantitative estimate of drug-likeness (QED) is 0.708. The molecule has 31 heavy (non-hydrogen) atoms. The molecule has 1 N–H and O–H groups in total. The number of hydrogen-bond donors (Lipinski definition) is 1. The highest BCUT2D eigenvalue weighted by atomic mass is 16.2. The van der Waals surface area contributed by atoms with Crippen molar-refractivity contribution < 1.29 is 9.59 Å². The van der Waals surface area contributed by atoms with Gasteiger partial charge in [-0.3, -0.25) is 14.3 Å². The van der Waals surface area contributed by atoms with Crippen LogP contribution in [0.15, 0.2) is 30.5 Å². The standard InChI is InChI=1S/C24H27N5O2/c1-15-6-7-18(16(2)12-15)23(30)25-22-19-8-11-29-14-17(24(31)28-9-4-5-10-28)13-20(29)21(19)27(3)26-22/h6-7,12-14H,4-5,8-11H2,1-3H3,(H,25,26,30). The van der Waals surface area contributed by atoms with E-state index in [1.807, 2.05) is 60.9 Å². The van der Waals surface area contributed by atoms with Gasteiger partial charge in [0.25, 0.3) is 11.8 Å². The van der Waals surface area contributed by atoms with Crippen LogP contribution in [0.4, 0.5) is 5.82 Å². The lowest BCUT2D eigenvalue weighted by Gasteiger charge is -2.17. The zero-order chi connectivity index (χ0) is 21.7. The van der Waals surface area contributed by atoms with Crippen LogP contribution >= 0.6 is 0 Å². The predicted octanol–water partition coefficient (Wildman–Crippen LogP) is 3.55. The Morgan fingerprint density at radius 2 is 1.84 bits per heavy atom. The minimum atomic E-state index is -0.149. The van der Waals surface area contributed by atoms with Gasteiger partial charge >= 0.3 is 0 Å². The summed E-state index contributed by atoms with van der Waals surface area (Å²) in [6, 6.07) is 7.78. The zero-order valence-electron chi connectivity index (χ0n) is 18.2. The second-order valence-corrected chi connectivity index (χ2v) is 8.63. The van der Waals surface area contributed by atoms with E-state index in [0.717, 1.165) is 72.5 Å². The molecule has 2 amide bonds. The van der Waals surface area contributed by atoms with E-state index in [2.05, 4.69) is 15.0 Å². The maximum atomic E-state index is 12.9. The Morgan fingerprint density at radius 3 is 2.58 bits per heavy atom. The van der Waals surface area contributed by atoms with Crippen molar-refractivity contribution in [2.45, 2.75) is 39.7 Å². The second-order valence-electron chi connectivity index (χ2n) is 8.63. The average molecular weight is 418 g/mol. The number of likely N-dealkylation sites (tertiary alicyclic amines) is 1. The molecule has 4 heterocycles. The molecule has 0 radical (unpaired) electrons. The normalized spacial score (nSPS) is 15.0. The fraction of sp³-hybridized carbons (Fsp3) is 0.375. The van der Waals surface area contributed by atoms with Crippen molar-refractivity contribution in [3.05, 3.63) is 58.3 Å². The van der Waals surface area contributed by atoms with Gasteiger partial charge in [-0.25, -0.2) is 0 Å². The van der Waals surface area contributed by atoms with Gasteiger partial charge in [0.05, 0.1) is 17.0 Å². The van der Waals surface area contributed by atoms with Gasteiger partial charge in [0, 0.05) is 44.0 Å². The van der Waals surface area contributed by atoms with Crippen LogP contribution in [-0.2, 0) is 20.0 Å². The summed E-state index contributed by atoms with van der Waals surface area (Å²) in [5.41, 5.74) is 6.42. The third-order valence-corrected chi connectivity index (χ3v) is 6.39. The highest BCUT2D eigenvalue weighted by Gasteiger charge is 2.28. The maximum Gasteiger partial charge on any atom is 0.257 e. The number of aryl methyl sites for hydroxylation is 4. The van der Waals surface area contributed by atoms with Crippen LogP contribution in [0, 0.1) is 13.8 Å². The molecule has 2 aliphatic heterocycles. The molecular formula is C24H27N5O2. The number of nitrogens with one attached hydrogen (secondary N) is 1. The topological polar surface area (TPSA) is 72.2 Å². The number of nitrogens with zero attached hydrogens (tertiary/aromatic N) is 4. The first-order valence-electron chi connectivity index (χ1n) is 10.9. The number of carbonyl (C=O) groups excluding carboxylic acids is 2. The Labute approximate surface area is 181 Å². The van der Waals surface area contributed by atoms with Crippen LogP contribution in [0.3, 0.4) is 0 Å². The number of rotatable bonds is 3. The van der Waals surface area contributed by atoms with Gasteiger partial charge in [-0.2, -0.15) is 5.10 Å². The smallest absolute Gasteiger partial charge is 0.257 e. The van der Waals surface area contributed by atoms with Gasteiger partial charge in [0.2, 0.25) is 0 Å². The third-order valence-electron chi connectivity index (χ3n) is 6.39. The Bertz CT molecular complexity index is 1200. The molecule has 3 aromatic rings. The molecule has 7 nitrogen and oxygen atoms in total. The number of carbonyl (C=O) groups is 2. The van der Waals surface area contributed by atoms with Gasteiger partial charge in [0.1, 0.15) is 0 Å². The van der Waals surface area contributed by atoms with Gasteiger partial charge in [0.15, 0.2) is 5.82 Å². The summed E-state index contributed by atoms with van der Waals surface area (Å²) < 4.78 is 3.94. The van der Waals surface area contributed by atoms with Crippen molar-refractivity contribution in [1.29, 1.82) is 0 Å². The fourth-order valence-corrected chi connectivity index (χ4v) is 4.81. The maximum absolute atomic E-state index is 12.9. The van der Waals surface area contributed by atoms with Crippen molar-refractivity contribution >= 4 is 17.6 Å². The van der Waals surface area contributed by atoms with Crippen LogP contribution in [-0.4, -0.2) is 44.2 Å². The number of hydrogen-bond acceptors (Lipinski definition) is 3. The van der Waals surface area contributed by atoms with Crippen LogP contribution < -0.4 is 5.32 Å². The summed E-state index contributed by atoms with van der Waals surface area (Å²) in [6.45, 7) is 6.40. The molecule has 0 unspecified atom stereocenters. The summed E-state index contributed by atoms with van der Waals surface area (Å²) in [5, 5.41) is 7.63. The molecular weight excluding hydrogens is 390 g/mol. The number of amides is 2. The van der Waals surface area contributed by atoms with E-state index in [1.165, 1.54) is 0 Å². The lowest BCUT2D eigenvalue weighted by Crippen LogP contribution is -2.27. The predicted molar refractivity (Wildman–Crippen MR) is 119 cm³/mol. The van der Waals surface area contributed by atoms with E-state index in [4.69, 9.17) is 0 Å². The SMILES string of the molecule is Cc1ccc(C(=O)Nc2nn(C)c3c2CCn2cc(C(=O)N4CCCC4)cc2-3)c(C)c1. The van der Waals surface area contributed by atoms with E-state index in [9.17, 15) is 9.59 Å². The molecule has 0 atom stereocenters. The first kappa shape index (κ1) is 19.6. The Morgan fingerprint density at radius 1 is 1.06 bits per heavy atom. The van der Waals surface area contributed by atoms with Gasteiger partial charge in [-0.1, -0.05) is 17.7 Å². The van der Waals surface area contributed by atoms with Crippen LogP contribution in [0.25, 0.3) is 11.4 Å². The minimum Gasteiger partial charge on any atom is -0.345 e. The van der Waals surface area contributed by atoms with Gasteiger partial charge in [-0.15, -0.1) is 0 Å². The van der Waals surface area contributed by atoms with Crippen LogP contribution in [0.2, 0.25) is 0 Å². The molecule has 0 saturated carbocycles. The lowest BCUT2D eigenvalue weighted by atomic mass is 10.0. The molecule has 5 rings (SSSR count). The van der Waals surface area contributed by atoms with Crippen molar-refractivity contribution in [2.24, 2.45) is 7.05 Å². The lowest BCUT2D eigenvalue weighted by molar-refractivity contribution is 0.0792.